The summed E-state index contributed by atoms with van der Waals surface area (Å²) in [6, 6.07) is 4.88. The molecule has 5 nitrogen and oxygen atoms in total. The van der Waals surface area contributed by atoms with Crippen molar-refractivity contribution in [3.8, 4) is 0 Å². The lowest BCUT2D eigenvalue weighted by Crippen LogP contribution is -2.41. The highest BCUT2D eigenvalue weighted by molar-refractivity contribution is 5.99. The predicted molar refractivity (Wildman–Crippen MR) is 73.4 cm³/mol. The Labute approximate surface area is 107 Å². The number of nitrogens with one attached hydrogen (secondary N) is 1. The van der Waals surface area contributed by atoms with E-state index in [-0.39, 0.29) is 6.61 Å². The first-order chi connectivity index (χ1) is 8.48. The summed E-state index contributed by atoms with van der Waals surface area (Å²) >= 11 is 0. The number of amides is 1. The molecule has 18 heavy (non-hydrogen) atoms. The van der Waals surface area contributed by atoms with Gasteiger partial charge in [0.1, 0.15) is 0 Å². The number of hydrogen-bond acceptors (Lipinski definition) is 4. The summed E-state index contributed by atoms with van der Waals surface area (Å²) in [6.45, 7) is 3.93. The molecule has 0 atom stereocenters. The summed E-state index contributed by atoms with van der Waals surface area (Å²) in [5.74, 6) is -0.517. The molecule has 100 valence electrons. The van der Waals surface area contributed by atoms with Crippen molar-refractivity contribution in [2.75, 3.05) is 17.7 Å². The average Bonchev–Trinajstić information content (AvgIpc) is 2.36. The number of rotatable bonds is 6. The lowest BCUT2D eigenvalue weighted by Gasteiger charge is -2.32. The largest absolute Gasteiger partial charge is 0.399 e. The van der Waals surface area contributed by atoms with Crippen LogP contribution in [0.4, 0.5) is 11.4 Å². The minimum atomic E-state index is -0.517. The highest BCUT2D eigenvalue weighted by atomic mass is 16.3. The van der Waals surface area contributed by atoms with Crippen molar-refractivity contribution < 1.29 is 9.90 Å². The van der Waals surface area contributed by atoms with Crippen LogP contribution in [-0.2, 0) is 0 Å². The molecule has 1 aromatic carbocycles. The fourth-order valence-electron chi connectivity index (χ4n) is 1.86. The third kappa shape index (κ3) is 2.92. The van der Waals surface area contributed by atoms with E-state index in [0.717, 1.165) is 12.8 Å². The van der Waals surface area contributed by atoms with E-state index in [2.05, 4.69) is 5.32 Å². The van der Waals surface area contributed by atoms with Gasteiger partial charge < -0.3 is 21.9 Å². The number of nitrogen functional groups attached to an aromatic ring is 1. The Hall–Kier alpha value is -1.75. The number of hydrogen-bond donors (Lipinski definition) is 4. The normalized spacial score (nSPS) is 11.3. The maximum Gasteiger partial charge on any atom is 0.250 e. The predicted octanol–water partition coefficient (Wildman–Crippen LogP) is 1.33. The van der Waals surface area contributed by atoms with Crippen LogP contribution in [0.1, 0.15) is 37.0 Å². The fourth-order valence-corrected chi connectivity index (χ4v) is 1.86. The molecule has 1 rings (SSSR count). The SMILES string of the molecule is CCC(CC)(CO)Nc1cc(N)ccc1C(N)=O. The Morgan fingerprint density at radius 2 is 2.00 bits per heavy atom. The first-order valence-corrected chi connectivity index (χ1v) is 6.06. The molecule has 0 aromatic heterocycles. The van der Waals surface area contributed by atoms with Crippen molar-refractivity contribution >= 4 is 17.3 Å². The Kier molecular flexibility index (Phi) is 4.55. The Morgan fingerprint density at radius 1 is 1.39 bits per heavy atom. The first-order valence-electron chi connectivity index (χ1n) is 6.06. The molecule has 0 radical (unpaired) electrons. The molecule has 1 aromatic rings. The number of primary amides is 1. The highest BCUT2D eigenvalue weighted by Crippen LogP contribution is 2.26. The summed E-state index contributed by atoms with van der Waals surface area (Å²) < 4.78 is 0. The maximum absolute atomic E-state index is 11.4. The molecular formula is C13H21N3O2. The van der Waals surface area contributed by atoms with E-state index in [4.69, 9.17) is 11.5 Å². The van der Waals surface area contributed by atoms with Crippen LogP contribution in [0.2, 0.25) is 0 Å². The summed E-state index contributed by atoms with van der Waals surface area (Å²) in [4.78, 5) is 11.4. The molecule has 0 saturated heterocycles. The van der Waals surface area contributed by atoms with Gasteiger partial charge in [0, 0.05) is 11.4 Å². The van der Waals surface area contributed by atoms with E-state index >= 15 is 0 Å². The second kappa shape index (κ2) is 5.73. The van der Waals surface area contributed by atoms with Gasteiger partial charge in [-0.2, -0.15) is 0 Å². The number of benzene rings is 1. The van der Waals surface area contributed by atoms with E-state index in [1.54, 1.807) is 18.2 Å². The molecule has 0 unspecified atom stereocenters. The number of carbonyl (C=O) groups excluding carboxylic acids is 1. The zero-order valence-corrected chi connectivity index (χ0v) is 10.9. The van der Waals surface area contributed by atoms with Crippen molar-refractivity contribution in [2.24, 2.45) is 5.73 Å². The van der Waals surface area contributed by atoms with Crippen LogP contribution < -0.4 is 16.8 Å². The Morgan fingerprint density at radius 3 is 2.44 bits per heavy atom. The topological polar surface area (TPSA) is 101 Å². The van der Waals surface area contributed by atoms with Gasteiger partial charge in [-0.25, -0.2) is 0 Å². The van der Waals surface area contributed by atoms with Crippen LogP contribution in [-0.4, -0.2) is 23.2 Å². The molecule has 0 spiro atoms. The number of aliphatic hydroxyl groups excluding tert-OH is 1. The van der Waals surface area contributed by atoms with E-state index in [9.17, 15) is 9.90 Å². The van der Waals surface area contributed by atoms with Crippen molar-refractivity contribution in [2.45, 2.75) is 32.2 Å². The van der Waals surface area contributed by atoms with Crippen LogP contribution in [0.15, 0.2) is 18.2 Å². The minimum absolute atomic E-state index is 0.0208. The average molecular weight is 251 g/mol. The van der Waals surface area contributed by atoms with Gasteiger partial charge in [-0.1, -0.05) is 13.8 Å². The van der Waals surface area contributed by atoms with Crippen molar-refractivity contribution in [1.82, 2.24) is 0 Å². The first kappa shape index (κ1) is 14.3. The van der Waals surface area contributed by atoms with E-state index in [1.807, 2.05) is 13.8 Å². The van der Waals surface area contributed by atoms with Crippen LogP contribution in [0.3, 0.4) is 0 Å². The lowest BCUT2D eigenvalue weighted by molar-refractivity contribution is 0.100. The molecule has 0 fully saturated rings. The molecule has 0 bridgehead atoms. The summed E-state index contributed by atoms with van der Waals surface area (Å²) in [6.07, 6.45) is 1.46. The van der Waals surface area contributed by atoms with Gasteiger partial charge >= 0.3 is 0 Å². The summed E-state index contributed by atoms with van der Waals surface area (Å²) in [5.41, 5.74) is 12.1. The minimum Gasteiger partial charge on any atom is -0.399 e. The smallest absolute Gasteiger partial charge is 0.250 e. The van der Waals surface area contributed by atoms with E-state index in [1.165, 1.54) is 0 Å². The second-order valence-electron chi connectivity index (χ2n) is 4.44. The molecule has 0 aliphatic carbocycles. The molecule has 6 N–H and O–H groups in total. The lowest BCUT2D eigenvalue weighted by atomic mass is 9.93. The van der Waals surface area contributed by atoms with Crippen LogP contribution in [0.25, 0.3) is 0 Å². The molecular weight excluding hydrogens is 230 g/mol. The zero-order chi connectivity index (χ0) is 13.8. The van der Waals surface area contributed by atoms with Gasteiger partial charge in [0.2, 0.25) is 0 Å². The van der Waals surface area contributed by atoms with Gasteiger partial charge in [0.15, 0.2) is 0 Å². The summed E-state index contributed by atoms with van der Waals surface area (Å²) in [7, 11) is 0. The van der Waals surface area contributed by atoms with Gasteiger partial charge in [0.25, 0.3) is 5.91 Å². The van der Waals surface area contributed by atoms with Crippen molar-refractivity contribution in [1.29, 1.82) is 0 Å². The number of carbonyl (C=O) groups is 1. The van der Waals surface area contributed by atoms with Gasteiger partial charge in [-0.15, -0.1) is 0 Å². The van der Waals surface area contributed by atoms with Gasteiger partial charge in [-0.05, 0) is 31.0 Å². The molecule has 0 heterocycles. The fraction of sp³-hybridized carbons (Fsp3) is 0.462. The van der Waals surface area contributed by atoms with E-state index in [0.29, 0.717) is 16.9 Å². The number of aliphatic hydroxyl groups is 1. The zero-order valence-electron chi connectivity index (χ0n) is 10.9. The number of nitrogens with two attached hydrogens (primary N) is 2. The van der Waals surface area contributed by atoms with Crippen molar-refractivity contribution in [3.63, 3.8) is 0 Å². The molecule has 0 aliphatic rings. The maximum atomic E-state index is 11.4. The molecule has 5 heteroatoms. The monoisotopic (exact) mass is 251 g/mol. The molecule has 0 saturated carbocycles. The Balaban J connectivity index is 3.16. The Bertz CT molecular complexity index is 420. The highest BCUT2D eigenvalue weighted by Gasteiger charge is 2.26. The van der Waals surface area contributed by atoms with Crippen LogP contribution >= 0.6 is 0 Å². The quantitative estimate of drug-likeness (QED) is 0.573. The third-order valence-corrected chi connectivity index (χ3v) is 3.37. The molecule has 1 amide bonds. The van der Waals surface area contributed by atoms with Gasteiger partial charge in [-0.3, -0.25) is 4.79 Å². The standard InChI is InChI=1S/C13H21N3O2/c1-3-13(4-2,8-17)16-11-7-9(14)5-6-10(11)12(15)18/h5-7,16-17H,3-4,8,14H2,1-2H3,(H2,15,18). The number of anilines is 2. The molecule has 0 aliphatic heterocycles. The van der Waals surface area contributed by atoms with E-state index < -0.39 is 11.4 Å². The third-order valence-electron chi connectivity index (χ3n) is 3.37. The second-order valence-corrected chi connectivity index (χ2v) is 4.44. The van der Waals surface area contributed by atoms with Crippen molar-refractivity contribution in [3.05, 3.63) is 23.8 Å². The summed E-state index contributed by atoms with van der Waals surface area (Å²) in [5, 5.41) is 12.7. The van der Waals surface area contributed by atoms with Crippen LogP contribution in [0.5, 0.6) is 0 Å². The van der Waals surface area contributed by atoms with Gasteiger partial charge in [0.05, 0.1) is 17.7 Å². The van der Waals surface area contributed by atoms with Crippen LogP contribution in [0, 0.1) is 0 Å².